The molecule has 0 saturated carbocycles. The molecule has 2 saturated heterocycles. The molecule has 27 heavy (non-hydrogen) atoms. The van der Waals surface area contributed by atoms with Gasteiger partial charge in [0.25, 0.3) is 0 Å². The van der Waals surface area contributed by atoms with Gasteiger partial charge in [0.1, 0.15) is 18.3 Å². The van der Waals surface area contributed by atoms with E-state index in [4.69, 9.17) is 18.9 Å². The van der Waals surface area contributed by atoms with Gasteiger partial charge in [0.2, 0.25) is 0 Å². The second-order valence-corrected chi connectivity index (χ2v) is 8.20. The zero-order valence-corrected chi connectivity index (χ0v) is 15.3. The largest absolute Gasteiger partial charge is 0.523 e. The van der Waals surface area contributed by atoms with Crippen molar-refractivity contribution in [3.8, 4) is 0 Å². The van der Waals surface area contributed by atoms with Gasteiger partial charge in [0.15, 0.2) is 12.1 Å². The number of alkyl halides is 3. The second-order valence-electron chi connectivity index (χ2n) is 6.59. The Bertz CT molecular complexity index is 751. The number of fused-ring (bicyclic) bond motifs is 1. The van der Waals surface area contributed by atoms with Gasteiger partial charge in [-0.05, 0) is 19.4 Å². The van der Waals surface area contributed by atoms with E-state index >= 15 is 0 Å². The minimum absolute atomic E-state index is 0.129. The van der Waals surface area contributed by atoms with Crippen molar-refractivity contribution in [1.29, 1.82) is 0 Å². The molecule has 1 aromatic rings. The van der Waals surface area contributed by atoms with Crippen molar-refractivity contribution in [3.63, 3.8) is 0 Å². The Labute approximate surface area is 154 Å². The van der Waals surface area contributed by atoms with Crippen LogP contribution in [0, 0.1) is 0 Å². The van der Waals surface area contributed by atoms with Crippen LogP contribution in [-0.2, 0) is 39.9 Å². The summed E-state index contributed by atoms with van der Waals surface area (Å²) in [7, 11) is -5.74. The number of benzene rings is 1. The molecule has 0 unspecified atom stereocenters. The van der Waals surface area contributed by atoms with E-state index in [-0.39, 0.29) is 6.61 Å². The van der Waals surface area contributed by atoms with E-state index in [1.54, 1.807) is 26.0 Å². The summed E-state index contributed by atoms with van der Waals surface area (Å²) in [6, 6.07) is 9.06. The standard InChI is InChI=1S/C16H19F3O7S/c1-15(2)25-13-12(22-8-10-6-4-3-5-7-10)11(24-14(13)26-15)9-23-27(20,21)16(17,18)19/h3-7,11-14H,8-9H2,1-2H3/t11-,12+,13-,14-/m1/s1. The zero-order valence-electron chi connectivity index (χ0n) is 14.5. The van der Waals surface area contributed by atoms with Crippen LogP contribution < -0.4 is 0 Å². The van der Waals surface area contributed by atoms with Crippen LogP contribution >= 0.6 is 0 Å². The first kappa shape index (κ1) is 20.5. The van der Waals surface area contributed by atoms with E-state index < -0.39 is 52.6 Å². The van der Waals surface area contributed by atoms with E-state index in [1.807, 2.05) is 18.2 Å². The van der Waals surface area contributed by atoms with Gasteiger partial charge in [-0.1, -0.05) is 30.3 Å². The molecule has 2 aliphatic heterocycles. The highest BCUT2D eigenvalue weighted by Crippen LogP contribution is 2.39. The third-order valence-electron chi connectivity index (χ3n) is 4.04. The topological polar surface area (TPSA) is 80.3 Å². The first-order valence-corrected chi connectivity index (χ1v) is 9.52. The Kier molecular flexibility index (Phi) is 5.54. The van der Waals surface area contributed by atoms with E-state index in [0.717, 1.165) is 5.56 Å². The van der Waals surface area contributed by atoms with Crippen molar-refractivity contribution in [1.82, 2.24) is 0 Å². The van der Waals surface area contributed by atoms with E-state index in [2.05, 4.69) is 4.18 Å². The number of ether oxygens (including phenoxy) is 4. The van der Waals surface area contributed by atoms with Crippen LogP contribution in [0.4, 0.5) is 13.2 Å². The SMILES string of the molecule is CC1(C)O[C@H]2O[C@H](COS(=O)(=O)C(F)(F)F)[C@H](OCc3ccccc3)[C@H]2O1. The number of halogens is 3. The molecule has 0 radical (unpaired) electrons. The van der Waals surface area contributed by atoms with Crippen LogP contribution in [0.25, 0.3) is 0 Å². The Morgan fingerprint density at radius 3 is 2.44 bits per heavy atom. The van der Waals surface area contributed by atoms with Crippen molar-refractivity contribution in [2.45, 2.75) is 56.4 Å². The van der Waals surface area contributed by atoms with Crippen LogP contribution in [0.1, 0.15) is 19.4 Å². The molecule has 2 heterocycles. The van der Waals surface area contributed by atoms with Gasteiger partial charge >= 0.3 is 15.6 Å². The van der Waals surface area contributed by atoms with Crippen LogP contribution in [0.2, 0.25) is 0 Å². The Morgan fingerprint density at radius 2 is 1.81 bits per heavy atom. The second kappa shape index (κ2) is 7.30. The molecule has 11 heteroatoms. The zero-order chi connectivity index (χ0) is 19.9. The van der Waals surface area contributed by atoms with Crippen molar-refractivity contribution in [2.24, 2.45) is 0 Å². The molecule has 0 aromatic heterocycles. The fourth-order valence-electron chi connectivity index (χ4n) is 2.87. The molecule has 0 amide bonds. The summed E-state index contributed by atoms with van der Waals surface area (Å²) in [5.74, 6) is -0.965. The van der Waals surface area contributed by atoms with E-state index in [9.17, 15) is 21.6 Å². The van der Waals surface area contributed by atoms with Crippen molar-refractivity contribution in [2.75, 3.05) is 6.61 Å². The summed E-state index contributed by atoms with van der Waals surface area (Å²) in [6.45, 7) is 2.57. The molecule has 2 aliphatic rings. The maximum atomic E-state index is 12.5. The molecule has 2 fully saturated rings. The van der Waals surface area contributed by atoms with Gasteiger partial charge in [-0.15, -0.1) is 0 Å². The lowest BCUT2D eigenvalue weighted by Gasteiger charge is -2.25. The number of rotatable bonds is 6. The molecule has 152 valence electrons. The highest BCUT2D eigenvalue weighted by Gasteiger charge is 2.56. The molecular formula is C16H19F3O7S. The summed E-state index contributed by atoms with van der Waals surface area (Å²) in [5, 5.41) is 0. The third-order valence-corrected chi connectivity index (χ3v) is 5.06. The number of hydrogen-bond donors (Lipinski definition) is 0. The first-order chi connectivity index (χ1) is 12.5. The quantitative estimate of drug-likeness (QED) is 0.524. The maximum Gasteiger partial charge on any atom is 0.523 e. The summed E-state index contributed by atoms with van der Waals surface area (Å²) in [4.78, 5) is 0. The molecular weight excluding hydrogens is 393 g/mol. The average Bonchev–Trinajstić information content (AvgIpc) is 3.02. The van der Waals surface area contributed by atoms with Gasteiger partial charge in [0.05, 0.1) is 13.2 Å². The minimum Gasteiger partial charge on any atom is -0.368 e. The van der Waals surface area contributed by atoms with E-state index in [0.29, 0.717) is 0 Å². The molecule has 0 aliphatic carbocycles. The number of hydrogen-bond acceptors (Lipinski definition) is 7. The lowest BCUT2D eigenvalue weighted by molar-refractivity contribution is -0.222. The highest BCUT2D eigenvalue weighted by atomic mass is 32.2. The summed E-state index contributed by atoms with van der Waals surface area (Å²) in [6.07, 6.45) is -3.62. The third kappa shape index (κ3) is 4.61. The van der Waals surface area contributed by atoms with Crippen LogP contribution in [0.15, 0.2) is 30.3 Å². The van der Waals surface area contributed by atoms with Gasteiger partial charge < -0.3 is 18.9 Å². The van der Waals surface area contributed by atoms with Crippen molar-refractivity contribution < 1.29 is 44.7 Å². The Morgan fingerprint density at radius 1 is 1.15 bits per heavy atom. The molecule has 0 bridgehead atoms. The molecule has 0 N–H and O–H groups in total. The summed E-state index contributed by atoms with van der Waals surface area (Å²) >= 11 is 0. The predicted molar refractivity (Wildman–Crippen MR) is 84.6 cm³/mol. The van der Waals surface area contributed by atoms with Crippen LogP contribution in [0.5, 0.6) is 0 Å². The minimum atomic E-state index is -5.74. The molecule has 0 spiro atoms. The Hall–Kier alpha value is -1.24. The Balaban J connectivity index is 1.70. The van der Waals surface area contributed by atoms with Gasteiger partial charge in [-0.25, -0.2) is 0 Å². The van der Waals surface area contributed by atoms with Gasteiger partial charge in [0, 0.05) is 0 Å². The van der Waals surface area contributed by atoms with Gasteiger partial charge in [-0.2, -0.15) is 21.6 Å². The van der Waals surface area contributed by atoms with Crippen LogP contribution in [0.3, 0.4) is 0 Å². The van der Waals surface area contributed by atoms with Crippen LogP contribution in [-0.4, -0.2) is 50.9 Å². The fraction of sp³-hybridized carbons (Fsp3) is 0.625. The first-order valence-electron chi connectivity index (χ1n) is 8.11. The van der Waals surface area contributed by atoms with Gasteiger partial charge in [-0.3, -0.25) is 4.18 Å². The monoisotopic (exact) mass is 412 g/mol. The summed E-state index contributed by atoms with van der Waals surface area (Å²) in [5.41, 5.74) is -4.70. The normalized spacial score (nSPS) is 30.4. The maximum absolute atomic E-state index is 12.5. The molecule has 3 rings (SSSR count). The lowest BCUT2D eigenvalue weighted by atomic mass is 10.1. The highest BCUT2D eigenvalue weighted by molar-refractivity contribution is 7.87. The summed E-state index contributed by atoms with van der Waals surface area (Å²) < 4.78 is 86.3. The van der Waals surface area contributed by atoms with Crippen molar-refractivity contribution >= 4 is 10.1 Å². The predicted octanol–water partition coefficient (Wildman–Crippen LogP) is 2.31. The lowest BCUT2D eigenvalue weighted by Crippen LogP contribution is -2.40. The fourth-order valence-corrected chi connectivity index (χ4v) is 3.32. The molecule has 4 atom stereocenters. The molecule has 7 nitrogen and oxygen atoms in total. The van der Waals surface area contributed by atoms with Crippen molar-refractivity contribution in [3.05, 3.63) is 35.9 Å². The molecule has 1 aromatic carbocycles. The van der Waals surface area contributed by atoms with E-state index in [1.165, 1.54) is 0 Å². The average molecular weight is 412 g/mol. The smallest absolute Gasteiger partial charge is 0.368 e.